The number of aryl methyl sites for hydroxylation is 1. The molecule has 1 unspecified atom stereocenters. The standard InChI is InChI=1S/C26H24Cl2N4OS/c1-16-7-3-4-8-17(16)13-14-29-26(34)31-24-25(33)32(2)22-12-11-18(27)15-20(22)23(30-24)19-9-5-6-10-21(19)28/h3-12,15,24H,13-14H2,1-2H3,(H2,29,31,34). The van der Waals surface area contributed by atoms with Gasteiger partial charge in [-0.3, -0.25) is 4.79 Å². The monoisotopic (exact) mass is 510 g/mol. The molecule has 1 atom stereocenters. The summed E-state index contributed by atoms with van der Waals surface area (Å²) in [4.78, 5) is 19.7. The SMILES string of the molecule is Cc1ccccc1CCNC(=S)NC1N=C(c2ccccc2Cl)c2cc(Cl)ccc2N(C)C1=O. The van der Waals surface area contributed by atoms with Crippen LogP contribution in [0.1, 0.15) is 22.3 Å². The topological polar surface area (TPSA) is 56.7 Å². The Balaban J connectivity index is 1.60. The first-order valence-electron chi connectivity index (χ1n) is 10.8. The van der Waals surface area contributed by atoms with Gasteiger partial charge in [-0.2, -0.15) is 0 Å². The van der Waals surface area contributed by atoms with Crippen LogP contribution >= 0.6 is 35.4 Å². The average Bonchev–Trinajstić information content (AvgIpc) is 2.91. The lowest BCUT2D eigenvalue weighted by atomic mass is 10.00. The van der Waals surface area contributed by atoms with Crippen molar-refractivity contribution in [3.63, 3.8) is 0 Å². The maximum absolute atomic E-state index is 13.3. The smallest absolute Gasteiger partial charge is 0.272 e. The van der Waals surface area contributed by atoms with E-state index in [1.165, 1.54) is 11.1 Å². The minimum Gasteiger partial charge on any atom is -0.362 e. The van der Waals surface area contributed by atoms with Crippen molar-refractivity contribution < 1.29 is 4.79 Å². The summed E-state index contributed by atoms with van der Waals surface area (Å²) in [6, 6.07) is 21.0. The largest absolute Gasteiger partial charge is 0.362 e. The van der Waals surface area contributed by atoms with E-state index in [1.807, 2.05) is 36.4 Å². The molecule has 34 heavy (non-hydrogen) atoms. The fraction of sp³-hybridized carbons (Fsp3) is 0.192. The Kier molecular flexibility index (Phi) is 7.51. The summed E-state index contributed by atoms with van der Waals surface area (Å²) in [6.45, 7) is 2.71. The molecule has 3 aromatic rings. The van der Waals surface area contributed by atoms with Crippen LogP contribution in [0.15, 0.2) is 71.7 Å². The molecule has 0 aliphatic carbocycles. The summed E-state index contributed by atoms with van der Waals surface area (Å²) in [5.74, 6) is -0.242. The van der Waals surface area contributed by atoms with Crippen molar-refractivity contribution in [3.05, 3.63) is 99.0 Å². The van der Waals surface area contributed by atoms with Crippen LogP contribution in [0.25, 0.3) is 0 Å². The number of carbonyl (C=O) groups is 1. The van der Waals surface area contributed by atoms with Gasteiger partial charge in [-0.1, -0.05) is 65.7 Å². The third-order valence-electron chi connectivity index (χ3n) is 5.74. The van der Waals surface area contributed by atoms with Gasteiger partial charge >= 0.3 is 0 Å². The van der Waals surface area contributed by atoms with Gasteiger partial charge in [-0.25, -0.2) is 4.99 Å². The van der Waals surface area contributed by atoms with Gasteiger partial charge < -0.3 is 15.5 Å². The Morgan fingerprint density at radius 2 is 1.79 bits per heavy atom. The van der Waals surface area contributed by atoms with Gasteiger partial charge in [0, 0.05) is 34.8 Å². The number of fused-ring (bicyclic) bond motifs is 1. The number of anilines is 1. The summed E-state index contributed by atoms with van der Waals surface area (Å²) < 4.78 is 0. The molecule has 0 fully saturated rings. The molecule has 5 nitrogen and oxygen atoms in total. The van der Waals surface area contributed by atoms with Crippen LogP contribution in [0.5, 0.6) is 0 Å². The van der Waals surface area contributed by atoms with Crippen LogP contribution < -0.4 is 15.5 Å². The van der Waals surface area contributed by atoms with Gasteiger partial charge in [-0.15, -0.1) is 0 Å². The van der Waals surface area contributed by atoms with Gasteiger partial charge in [0.25, 0.3) is 5.91 Å². The first-order chi connectivity index (χ1) is 16.3. The number of benzene rings is 3. The lowest BCUT2D eigenvalue weighted by Crippen LogP contribution is -2.49. The van der Waals surface area contributed by atoms with Crippen molar-refractivity contribution in [3.8, 4) is 0 Å². The zero-order chi connectivity index (χ0) is 24.2. The summed E-state index contributed by atoms with van der Waals surface area (Å²) in [5, 5.41) is 7.69. The van der Waals surface area contributed by atoms with E-state index in [4.69, 9.17) is 40.4 Å². The Hall–Kier alpha value is -2.93. The third-order valence-corrected chi connectivity index (χ3v) is 6.56. The van der Waals surface area contributed by atoms with Gasteiger partial charge in [0.1, 0.15) is 0 Å². The Morgan fingerprint density at radius 3 is 2.56 bits per heavy atom. The van der Waals surface area contributed by atoms with Crippen molar-refractivity contribution in [2.24, 2.45) is 4.99 Å². The second kappa shape index (κ2) is 10.6. The number of nitrogens with zero attached hydrogens (tertiary/aromatic N) is 2. The summed E-state index contributed by atoms with van der Waals surface area (Å²) >= 11 is 18.3. The van der Waals surface area contributed by atoms with E-state index in [0.717, 1.165) is 12.0 Å². The first-order valence-corrected chi connectivity index (χ1v) is 12.0. The zero-order valence-electron chi connectivity index (χ0n) is 18.8. The summed E-state index contributed by atoms with van der Waals surface area (Å²) in [7, 11) is 1.71. The molecule has 0 aromatic heterocycles. The number of hydrogen-bond donors (Lipinski definition) is 2. The molecule has 1 amide bonds. The maximum atomic E-state index is 13.3. The Morgan fingerprint density at radius 1 is 1.06 bits per heavy atom. The molecule has 2 N–H and O–H groups in total. The molecule has 0 saturated heterocycles. The number of benzodiazepines with no additional fused rings is 1. The fourth-order valence-corrected chi connectivity index (χ4v) is 4.50. The predicted octanol–water partition coefficient (Wildman–Crippen LogP) is 5.15. The molecule has 174 valence electrons. The van der Waals surface area contributed by atoms with E-state index in [1.54, 1.807) is 30.1 Å². The second-order valence-corrected chi connectivity index (χ2v) is 9.25. The van der Waals surface area contributed by atoms with E-state index in [2.05, 4.69) is 29.7 Å². The number of aliphatic imine (C=N–C) groups is 1. The number of nitrogens with one attached hydrogen (secondary N) is 2. The van der Waals surface area contributed by atoms with Crippen molar-refractivity contribution in [1.82, 2.24) is 10.6 Å². The highest BCUT2D eigenvalue weighted by Gasteiger charge is 2.31. The lowest BCUT2D eigenvalue weighted by Gasteiger charge is -2.22. The minimum absolute atomic E-state index is 0.242. The second-order valence-electron chi connectivity index (χ2n) is 8.00. The van der Waals surface area contributed by atoms with Crippen LogP contribution in [-0.2, 0) is 11.2 Å². The lowest BCUT2D eigenvalue weighted by molar-refractivity contribution is -0.119. The van der Waals surface area contributed by atoms with Crippen molar-refractivity contribution >= 4 is 57.8 Å². The highest BCUT2D eigenvalue weighted by molar-refractivity contribution is 7.80. The number of carbonyl (C=O) groups excluding carboxylic acids is 1. The molecule has 1 heterocycles. The van der Waals surface area contributed by atoms with Gasteiger partial charge in [-0.05, 0) is 61.0 Å². The van der Waals surface area contributed by atoms with E-state index in [0.29, 0.717) is 38.7 Å². The molecule has 8 heteroatoms. The molecule has 1 aliphatic heterocycles. The highest BCUT2D eigenvalue weighted by atomic mass is 35.5. The van der Waals surface area contributed by atoms with Crippen LogP contribution in [0.4, 0.5) is 5.69 Å². The van der Waals surface area contributed by atoms with Crippen molar-refractivity contribution in [1.29, 1.82) is 0 Å². The van der Waals surface area contributed by atoms with Crippen molar-refractivity contribution in [2.45, 2.75) is 19.5 Å². The Bertz CT molecular complexity index is 1280. The van der Waals surface area contributed by atoms with Gasteiger partial charge in [0.05, 0.1) is 11.4 Å². The molecule has 1 aliphatic rings. The number of halogens is 2. The fourth-order valence-electron chi connectivity index (χ4n) is 3.88. The summed E-state index contributed by atoms with van der Waals surface area (Å²) in [5.41, 5.74) is 5.17. The molecule has 0 radical (unpaired) electrons. The molecule has 0 spiro atoms. The van der Waals surface area contributed by atoms with Crippen LogP contribution in [-0.4, -0.2) is 36.5 Å². The van der Waals surface area contributed by atoms with E-state index in [9.17, 15) is 4.79 Å². The molecule has 4 rings (SSSR count). The van der Waals surface area contributed by atoms with E-state index in [-0.39, 0.29) is 5.91 Å². The van der Waals surface area contributed by atoms with E-state index >= 15 is 0 Å². The van der Waals surface area contributed by atoms with Crippen molar-refractivity contribution in [2.75, 3.05) is 18.5 Å². The average molecular weight is 511 g/mol. The Labute approximate surface area is 214 Å². The number of rotatable bonds is 5. The van der Waals surface area contributed by atoms with Gasteiger partial charge in [0.2, 0.25) is 6.17 Å². The molecule has 0 saturated carbocycles. The predicted molar refractivity (Wildman–Crippen MR) is 144 cm³/mol. The first kappa shape index (κ1) is 24.2. The third kappa shape index (κ3) is 5.25. The van der Waals surface area contributed by atoms with Crippen LogP contribution in [0.3, 0.4) is 0 Å². The number of thiocarbonyl (C=S) groups is 1. The highest BCUT2D eigenvalue weighted by Crippen LogP contribution is 2.31. The number of amides is 1. The van der Waals surface area contributed by atoms with Gasteiger partial charge in [0.15, 0.2) is 5.11 Å². The zero-order valence-corrected chi connectivity index (χ0v) is 21.1. The molecule has 3 aromatic carbocycles. The molecule has 0 bridgehead atoms. The normalized spacial score (nSPS) is 15.3. The quantitative estimate of drug-likeness (QED) is 0.466. The maximum Gasteiger partial charge on any atom is 0.272 e. The number of likely N-dealkylation sites (N-methyl/N-ethyl adjacent to an activating group) is 1. The molecular weight excluding hydrogens is 487 g/mol. The molecular formula is C26H24Cl2N4OS. The van der Waals surface area contributed by atoms with E-state index < -0.39 is 6.17 Å². The number of hydrogen-bond acceptors (Lipinski definition) is 3. The van der Waals surface area contributed by atoms with Crippen LogP contribution in [0.2, 0.25) is 10.0 Å². The van der Waals surface area contributed by atoms with Crippen LogP contribution in [0, 0.1) is 6.92 Å². The summed E-state index contributed by atoms with van der Waals surface area (Å²) in [6.07, 6.45) is -0.119. The minimum atomic E-state index is -0.930.